The molecule has 0 aliphatic carbocycles. The second-order valence-corrected chi connectivity index (χ2v) is 14.7. The summed E-state index contributed by atoms with van der Waals surface area (Å²) in [7, 11) is 2.95. The molecule has 1 aliphatic rings. The van der Waals surface area contributed by atoms with E-state index in [2.05, 4.69) is 37.2 Å². The normalized spacial score (nSPS) is 13.4. The van der Waals surface area contributed by atoms with Crippen LogP contribution in [0, 0.1) is 0 Å². The summed E-state index contributed by atoms with van der Waals surface area (Å²) in [4.78, 5) is 56.2. The van der Waals surface area contributed by atoms with Gasteiger partial charge in [-0.3, -0.25) is 24.1 Å². The second-order valence-electron chi connectivity index (χ2n) is 12.0. The van der Waals surface area contributed by atoms with Gasteiger partial charge in [0.2, 0.25) is 5.91 Å². The third-order valence-electron chi connectivity index (χ3n) is 8.72. The predicted molar refractivity (Wildman–Crippen MR) is 206 cm³/mol. The highest BCUT2D eigenvalue weighted by Crippen LogP contribution is 2.33. The first kappa shape index (κ1) is 39.3. The number of benzene rings is 4. The van der Waals surface area contributed by atoms with Gasteiger partial charge in [-0.05, 0) is 88.4 Å². The topological polar surface area (TPSA) is 125 Å². The third kappa shape index (κ3) is 9.34. The number of aliphatic hydroxyl groups is 1. The number of methoxy groups -OCH3 is 2. The van der Waals surface area contributed by atoms with Crippen LogP contribution in [0.2, 0.25) is 10.0 Å². The van der Waals surface area contributed by atoms with Crippen molar-refractivity contribution in [3.63, 3.8) is 0 Å². The average molecular weight is 876 g/mol. The maximum Gasteiger partial charge on any atom is 0.261 e. The van der Waals surface area contributed by atoms with Gasteiger partial charge in [-0.2, -0.15) is 0 Å². The molecule has 52 heavy (non-hydrogen) atoms. The van der Waals surface area contributed by atoms with Crippen molar-refractivity contribution in [3.05, 3.63) is 126 Å². The van der Waals surface area contributed by atoms with Crippen molar-refractivity contribution in [2.45, 2.75) is 31.4 Å². The number of rotatable bonds is 15. The number of hydrogen-bond donors (Lipinski definition) is 2. The van der Waals surface area contributed by atoms with Crippen LogP contribution in [0.3, 0.4) is 0 Å². The van der Waals surface area contributed by atoms with E-state index in [-0.39, 0.29) is 49.2 Å². The fraction of sp³-hybridized carbons (Fsp3) is 0.263. The summed E-state index contributed by atoms with van der Waals surface area (Å²) in [6, 6.07) is 21.3. The number of nitrogens with zero attached hydrogens (tertiary/aromatic N) is 2. The van der Waals surface area contributed by atoms with Crippen molar-refractivity contribution in [3.8, 4) is 11.5 Å². The maximum absolute atomic E-state index is 13.9. The van der Waals surface area contributed by atoms with E-state index in [0.717, 1.165) is 20.5 Å². The fourth-order valence-corrected chi connectivity index (χ4v) is 7.16. The largest absolute Gasteiger partial charge is 0.493 e. The zero-order chi connectivity index (χ0) is 37.5. The number of nitrogens with one attached hydrogen (secondary N) is 1. The van der Waals surface area contributed by atoms with E-state index in [0.29, 0.717) is 32.4 Å². The number of fused-ring (bicyclic) bond motifs is 1. The average Bonchev–Trinajstić information content (AvgIpc) is 3.37. The Morgan fingerprint density at radius 1 is 0.904 bits per heavy atom. The van der Waals surface area contributed by atoms with Crippen molar-refractivity contribution in [1.82, 2.24) is 15.1 Å². The monoisotopic (exact) mass is 873 g/mol. The molecule has 10 nitrogen and oxygen atoms in total. The number of carbonyl (C=O) groups excluding carboxylic acids is 4. The smallest absolute Gasteiger partial charge is 0.261 e. The standard InChI is InChI=1S/C38H35Br2Cl2N3O7/c1-51-33-19-28(29(40)20-34(33)52-2)36(48)43-31(17-22-7-10-24(39)11-8-22)32(46)21-44(15-13-23-9-12-25(41)18-30(23)42)35(47)14-16-45-37(49)26-5-3-4-6-27(26)38(45)50/h3-12,18-20,31-32,46H,13-17,21H2,1-2H3,(H,43,48). The Morgan fingerprint density at radius 2 is 1.54 bits per heavy atom. The molecule has 2 atom stereocenters. The molecule has 0 saturated heterocycles. The molecule has 0 saturated carbocycles. The lowest BCUT2D eigenvalue weighted by Gasteiger charge is -2.31. The summed E-state index contributed by atoms with van der Waals surface area (Å²) in [5, 5.41) is 15.7. The van der Waals surface area contributed by atoms with Gasteiger partial charge in [0.1, 0.15) is 0 Å². The Hall–Kier alpha value is -3.94. The number of imide groups is 1. The fourth-order valence-electron chi connectivity index (χ4n) is 5.89. The molecular formula is C38H35Br2Cl2N3O7. The summed E-state index contributed by atoms with van der Waals surface area (Å²) in [6.07, 6.45) is -0.889. The predicted octanol–water partition coefficient (Wildman–Crippen LogP) is 7.00. The summed E-state index contributed by atoms with van der Waals surface area (Å²) >= 11 is 19.4. The molecule has 2 N–H and O–H groups in total. The van der Waals surface area contributed by atoms with Gasteiger partial charge in [0, 0.05) is 45.0 Å². The molecular weight excluding hydrogens is 841 g/mol. The highest BCUT2D eigenvalue weighted by molar-refractivity contribution is 9.10. The van der Waals surface area contributed by atoms with E-state index in [9.17, 15) is 24.3 Å². The quantitative estimate of drug-likeness (QED) is 0.123. The van der Waals surface area contributed by atoms with Crippen molar-refractivity contribution in [2.24, 2.45) is 0 Å². The van der Waals surface area contributed by atoms with Crippen LogP contribution >= 0.6 is 55.1 Å². The highest BCUT2D eigenvalue weighted by Gasteiger charge is 2.36. The lowest BCUT2D eigenvalue weighted by molar-refractivity contribution is -0.133. The molecule has 0 aromatic heterocycles. The molecule has 1 aliphatic heterocycles. The van der Waals surface area contributed by atoms with Gasteiger partial charge in [-0.1, -0.05) is 69.5 Å². The van der Waals surface area contributed by atoms with Gasteiger partial charge in [-0.15, -0.1) is 0 Å². The number of ether oxygens (including phenoxy) is 2. The Labute approximate surface area is 328 Å². The van der Waals surface area contributed by atoms with Gasteiger partial charge < -0.3 is 24.8 Å². The summed E-state index contributed by atoms with van der Waals surface area (Å²) in [5.41, 5.74) is 2.39. The Balaban J connectivity index is 1.39. The summed E-state index contributed by atoms with van der Waals surface area (Å²) in [5.74, 6) is -1.06. The molecule has 0 radical (unpaired) electrons. The van der Waals surface area contributed by atoms with Gasteiger partial charge in [0.15, 0.2) is 11.5 Å². The number of amides is 4. The minimum Gasteiger partial charge on any atom is -0.493 e. The number of carbonyl (C=O) groups is 4. The minimum absolute atomic E-state index is 0.138. The van der Waals surface area contributed by atoms with Crippen molar-refractivity contribution in [2.75, 3.05) is 33.9 Å². The number of hydrogen-bond acceptors (Lipinski definition) is 7. The van der Waals surface area contributed by atoms with E-state index < -0.39 is 35.8 Å². The van der Waals surface area contributed by atoms with E-state index >= 15 is 0 Å². The van der Waals surface area contributed by atoms with Crippen LogP contribution in [0.25, 0.3) is 0 Å². The first-order chi connectivity index (χ1) is 24.9. The molecule has 14 heteroatoms. The molecule has 272 valence electrons. The number of aliphatic hydroxyl groups excluding tert-OH is 1. The lowest BCUT2D eigenvalue weighted by atomic mass is 9.99. The van der Waals surface area contributed by atoms with Gasteiger partial charge in [-0.25, -0.2) is 0 Å². The highest BCUT2D eigenvalue weighted by atomic mass is 79.9. The van der Waals surface area contributed by atoms with Crippen molar-refractivity contribution < 1.29 is 33.8 Å². The second kappa shape index (κ2) is 17.7. The van der Waals surface area contributed by atoms with E-state index in [1.165, 1.54) is 25.2 Å². The molecule has 0 spiro atoms. The first-order valence-electron chi connectivity index (χ1n) is 16.2. The van der Waals surface area contributed by atoms with Crippen LogP contribution in [-0.4, -0.2) is 84.5 Å². The van der Waals surface area contributed by atoms with Gasteiger partial charge >= 0.3 is 0 Å². The third-order valence-corrected chi connectivity index (χ3v) is 10.5. The maximum atomic E-state index is 13.9. The van der Waals surface area contributed by atoms with Crippen LogP contribution in [0.4, 0.5) is 0 Å². The lowest BCUT2D eigenvalue weighted by Crippen LogP contribution is -2.51. The van der Waals surface area contributed by atoms with Crippen LogP contribution in [-0.2, 0) is 17.6 Å². The molecule has 0 bridgehead atoms. The van der Waals surface area contributed by atoms with Crippen LogP contribution in [0.1, 0.15) is 48.6 Å². The zero-order valence-electron chi connectivity index (χ0n) is 28.2. The van der Waals surface area contributed by atoms with E-state index in [4.69, 9.17) is 32.7 Å². The SMILES string of the molecule is COc1cc(Br)c(C(=O)NC(Cc2ccc(Br)cc2)C(O)CN(CCc2ccc(Cl)cc2Cl)C(=O)CCN2C(=O)c3ccccc3C2=O)cc1OC. The van der Waals surface area contributed by atoms with Crippen LogP contribution < -0.4 is 14.8 Å². The molecule has 0 fully saturated rings. The molecule has 4 aromatic rings. The Bertz CT molecular complexity index is 1940. The zero-order valence-corrected chi connectivity index (χ0v) is 32.9. The summed E-state index contributed by atoms with van der Waals surface area (Å²) < 4.78 is 12.1. The van der Waals surface area contributed by atoms with Crippen LogP contribution in [0.15, 0.2) is 87.8 Å². The van der Waals surface area contributed by atoms with Crippen molar-refractivity contribution >= 4 is 78.7 Å². The molecule has 4 amide bonds. The Morgan fingerprint density at radius 3 is 2.15 bits per heavy atom. The van der Waals surface area contributed by atoms with Gasteiger partial charge in [0.25, 0.3) is 17.7 Å². The van der Waals surface area contributed by atoms with Crippen molar-refractivity contribution in [1.29, 1.82) is 0 Å². The minimum atomic E-state index is -1.25. The molecule has 2 unspecified atom stereocenters. The summed E-state index contributed by atoms with van der Waals surface area (Å²) in [6.45, 7) is -0.188. The van der Waals surface area contributed by atoms with Crippen LogP contribution in [0.5, 0.6) is 11.5 Å². The molecule has 1 heterocycles. The number of halogens is 4. The molecule has 4 aromatic carbocycles. The molecule has 5 rings (SSSR count). The van der Waals surface area contributed by atoms with Gasteiger partial charge in [0.05, 0.1) is 43.1 Å². The first-order valence-corrected chi connectivity index (χ1v) is 18.6. The van der Waals surface area contributed by atoms with E-state index in [1.54, 1.807) is 48.5 Å². The Kier molecular flexibility index (Phi) is 13.4. The van der Waals surface area contributed by atoms with E-state index in [1.807, 2.05) is 24.3 Å².